The number of fused-ring (bicyclic) bond motifs is 1. The van der Waals surface area contributed by atoms with E-state index in [0.29, 0.717) is 31.2 Å². The Morgan fingerprint density at radius 3 is 3.19 bits per heavy atom. The molecule has 0 aromatic carbocycles. The van der Waals surface area contributed by atoms with E-state index in [9.17, 15) is 0 Å². The number of anilines is 1. The van der Waals surface area contributed by atoms with Crippen LogP contribution in [0.1, 0.15) is 0 Å². The third-order valence-electron chi connectivity index (χ3n) is 1.86. The molecule has 2 N–H and O–H groups in total. The lowest BCUT2D eigenvalue weighted by molar-refractivity contribution is 0.0992. The molecule has 86 valence electrons. The first-order chi connectivity index (χ1) is 7.90. The maximum absolute atomic E-state index is 8.49. The maximum Gasteiger partial charge on any atom is 0.200 e. The Morgan fingerprint density at radius 2 is 2.31 bits per heavy atom. The molecule has 0 aliphatic carbocycles. The lowest BCUT2D eigenvalue weighted by atomic mass is 10.5. The number of hydrogen-bond acceptors (Lipinski definition) is 7. The maximum atomic E-state index is 8.49. The standard InChI is InChI=1S/C8H12N6O2/c15-4-6-16-5-3-9-7-1-2-8-10-12-13-14(8)11-7/h1-2,15H,3-6H2,(H,9,11). The quantitative estimate of drug-likeness (QED) is 0.603. The molecule has 2 aromatic rings. The van der Waals surface area contributed by atoms with Crippen LogP contribution in [0.2, 0.25) is 0 Å². The molecule has 0 spiro atoms. The van der Waals surface area contributed by atoms with Gasteiger partial charge < -0.3 is 15.2 Å². The Labute approximate surface area is 91.2 Å². The minimum atomic E-state index is 0.0365. The molecule has 0 bridgehead atoms. The Hall–Kier alpha value is -1.80. The molecule has 0 unspecified atom stereocenters. The van der Waals surface area contributed by atoms with Crippen LogP contribution in [0, 0.1) is 0 Å². The van der Waals surface area contributed by atoms with Gasteiger partial charge in [0.15, 0.2) is 5.65 Å². The molecule has 0 saturated heterocycles. The lowest BCUT2D eigenvalue weighted by Gasteiger charge is -2.05. The van der Waals surface area contributed by atoms with Crippen LogP contribution in [0.25, 0.3) is 5.65 Å². The number of tetrazole rings is 1. The molecule has 0 aliphatic heterocycles. The predicted molar refractivity (Wildman–Crippen MR) is 55.0 cm³/mol. The van der Waals surface area contributed by atoms with Gasteiger partial charge >= 0.3 is 0 Å². The van der Waals surface area contributed by atoms with Crippen molar-refractivity contribution in [2.45, 2.75) is 0 Å². The smallest absolute Gasteiger partial charge is 0.200 e. The summed E-state index contributed by atoms with van der Waals surface area (Å²) in [4.78, 5) is 0. The number of nitrogens with zero attached hydrogens (tertiary/aromatic N) is 5. The fourth-order valence-electron chi connectivity index (χ4n) is 1.16. The van der Waals surface area contributed by atoms with Crippen LogP contribution in [0.15, 0.2) is 12.1 Å². The summed E-state index contributed by atoms with van der Waals surface area (Å²) in [5, 5.41) is 26.6. The summed E-state index contributed by atoms with van der Waals surface area (Å²) in [6, 6.07) is 3.56. The highest BCUT2D eigenvalue weighted by Gasteiger charge is 1.99. The van der Waals surface area contributed by atoms with E-state index in [4.69, 9.17) is 9.84 Å². The summed E-state index contributed by atoms with van der Waals surface area (Å²) in [5.41, 5.74) is 0.599. The Kier molecular flexibility index (Phi) is 3.57. The van der Waals surface area contributed by atoms with E-state index < -0.39 is 0 Å². The average Bonchev–Trinajstić information content (AvgIpc) is 2.76. The van der Waals surface area contributed by atoms with Gasteiger partial charge in [-0.1, -0.05) is 0 Å². The van der Waals surface area contributed by atoms with E-state index in [1.165, 1.54) is 4.63 Å². The third kappa shape index (κ3) is 2.61. The minimum Gasteiger partial charge on any atom is -0.394 e. The van der Waals surface area contributed by atoms with Crippen molar-refractivity contribution in [2.75, 3.05) is 31.7 Å². The molecule has 8 nitrogen and oxygen atoms in total. The molecule has 0 fully saturated rings. The normalized spacial score (nSPS) is 10.8. The Bertz CT molecular complexity index is 445. The van der Waals surface area contributed by atoms with Gasteiger partial charge in [-0.25, -0.2) is 0 Å². The molecule has 16 heavy (non-hydrogen) atoms. The summed E-state index contributed by atoms with van der Waals surface area (Å²) in [5.74, 6) is 0.674. The van der Waals surface area contributed by atoms with Crippen molar-refractivity contribution in [1.82, 2.24) is 25.3 Å². The number of aliphatic hydroxyl groups excluding tert-OH is 1. The second-order valence-corrected chi connectivity index (χ2v) is 3.01. The molecular weight excluding hydrogens is 212 g/mol. The number of nitrogens with one attached hydrogen (secondary N) is 1. The Morgan fingerprint density at radius 1 is 1.38 bits per heavy atom. The molecule has 2 rings (SSSR count). The van der Waals surface area contributed by atoms with Gasteiger partial charge in [-0.3, -0.25) is 0 Å². The van der Waals surface area contributed by atoms with Gasteiger partial charge in [-0.05, 0) is 22.6 Å². The lowest BCUT2D eigenvalue weighted by Crippen LogP contribution is -2.13. The van der Waals surface area contributed by atoms with Crippen molar-refractivity contribution in [3.63, 3.8) is 0 Å². The third-order valence-corrected chi connectivity index (χ3v) is 1.86. The van der Waals surface area contributed by atoms with Crippen molar-refractivity contribution in [1.29, 1.82) is 0 Å². The number of rotatable bonds is 6. The first-order valence-corrected chi connectivity index (χ1v) is 4.88. The van der Waals surface area contributed by atoms with Crippen LogP contribution in [-0.4, -0.2) is 56.7 Å². The summed E-state index contributed by atoms with van der Waals surface area (Å²) in [6.45, 7) is 1.51. The van der Waals surface area contributed by atoms with Gasteiger partial charge in [0.05, 0.1) is 19.8 Å². The molecule has 2 heterocycles. The van der Waals surface area contributed by atoms with E-state index in [-0.39, 0.29) is 6.61 Å². The van der Waals surface area contributed by atoms with Crippen molar-refractivity contribution in [3.8, 4) is 0 Å². The zero-order chi connectivity index (χ0) is 11.2. The van der Waals surface area contributed by atoms with Crippen LogP contribution >= 0.6 is 0 Å². The van der Waals surface area contributed by atoms with Crippen LogP contribution < -0.4 is 5.32 Å². The molecular formula is C8H12N6O2. The summed E-state index contributed by atoms with van der Waals surface area (Å²) in [7, 11) is 0. The molecule has 0 amide bonds. The zero-order valence-corrected chi connectivity index (χ0v) is 8.57. The topological polar surface area (TPSA) is 97.5 Å². The van der Waals surface area contributed by atoms with Crippen molar-refractivity contribution >= 4 is 11.5 Å². The van der Waals surface area contributed by atoms with E-state index in [0.717, 1.165) is 0 Å². The molecule has 0 aliphatic rings. The molecule has 8 heteroatoms. The van der Waals surface area contributed by atoms with Gasteiger partial charge in [-0.15, -0.1) is 14.8 Å². The zero-order valence-electron chi connectivity index (χ0n) is 8.57. The van der Waals surface area contributed by atoms with Crippen LogP contribution in [-0.2, 0) is 4.74 Å². The highest BCUT2D eigenvalue weighted by molar-refractivity contribution is 5.41. The van der Waals surface area contributed by atoms with Crippen molar-refractivity contribution in [3.05, 3.63) is 12.1 Å². The predicted octanol–water partition coefficient (Wildman–Crippen LogP) is -1.06. The van der Waals surface area contributed by atoms with E-state index in [1.807, 2.05) is 0 Å². The van der Waals surface area contributed by atoms with Gasteiger partial charge in [-0.2, -0.15) is 0 Å². The van der Waals surface area contributed by atoms with E-state index in [2.05, 4.69) is 25.9 Å². The number of aliphatic hydroxyl groups is 1. The van der Waals surface area contributed by atoms with E-state index in [1.54, 1.807) is 12.1 Å². The molecule has 0 radical (unpaired) electrons. The van der Waals surface area contributed by atoms with Gasteiger partial charge in [0.1, 0.15) is 5.82 Å². The number of hydrogen-bond donors (Lipinski definition) is 2. The minimum absolute atomic E-state index is 0.0365. The first kappa shape index (κ1) is 10.7. The summed E-state index contributed by atoms with van der Waals surface area (Å²) in [6.07, 6.45) is 0. The molecule has 0 atom stereocenters. The second kappa shape index (κ2) is 5.33. The number of aromatic nitrogens is 5. The fraction of sp³-hybridized carbons (Fsp3) is 0.500. The second-order valence-electron chi connectivity index (χ2n) is 3.01. The SMILES string of the molecule is OCCOCCNc1ccc2nnnn2n1. The molecule has 2 aromatic heterocycles. The van der Waals surface area contributed by atoms with Crippen LogP contribution in [0.4, 0.5) is 5.82 Å². The highest BCUT2D eigenvalue weighted by Crippen LogP contribution is 2.02. The fourth-order valence-corrected chi connectivity index (χ4v) is 1.16. The van der Waals surface area contributed by atoms with E-state index >= 15 is 0 Å². The monoisotopic (exact) mass is 224 g/mol. The number of ether oxygens (including phenoxy) is 1. The van der Waals surface area contributed by atoms with Crippen LogP contribution in [0.5, 0.6) is 0 Å². The highest BCUT2D eigenvalue weighted by atomic mass is 16.5. The van der Waals surface area contributed by atoms with Gasteiger partial charge in [0.25, 0.3) is 0 Å². The van der Waals surface area contributed by atoms with Crippen LogP contribution in [0.3, 0.4) is 0 Å². The largest absolute Gasteiger partial charge is 0.394 e. The Balaban J connectivity index is 1.84. The average molecular weight is 224 g/mol. The van der Waals surface area contributed by atoms with Crippen molar-refractivity contribution in [2.24, 2.45) is 0 Å². The van der Waals surface area contributed by atoms with Gasteiger partial charge in [0.2, 0.25) is 0 Å². The van der Waals surface area contributed by atoms with Crippen molar-refractivity contribution < 1.29 is 9.84 Å². The molecule has 0 saturated carbocycles. The summed E-state index contributed by atoms with van der Waals surface area (Å²) < 4.78 is 6.43. The summed E-state index contributed by atoms with van der Waals surface area (Å²) >= 11 is 0. The first-order valence-electron chi connectivity index (χ1n) is 4.88. The van der Waals surface area contributed by atoms with Gasteiger partial charge in [0, 0.05) is 6.54 Å².